The van der Waals surface area contributed by atoms with E-state index in [1.165, 1.54) is 0 Å². The van der Waals surface area contributed by atoms with Crippen LogP contribution < -0.4 is 15.4 Å². The van der Waals surface area contributed by atoms with Gasteiger partial charge < -0.3 is 20.1 Å². The summed E-state index contributed by atoms with van der Waals surface area (Å²) in [4.78, 5) is 12.4. The highest BCUT2D eigenvalue weighted by atomic mass is 16.5. The lowest BCUT2D eigenvalue weighted by molar-refractivity contribution is -0.120. The molecule has 1 aromatic carbocycles. The van der Waals surface area contributed by atoms with Gasteiger partial charge in [0.1, 0.15) is 5.75 Å². The number of carbonyl (C=O) groups is 1. The normalized spacial score (nSPS) is 21.4. The Kier molecular flexibility index (Phi) is 6.68. The Labute approximate surface area is 132 Å². The lowest BCUT2D eigenvalue weighted by Crippen LogP contribution is -2.40. The number of hydrogen-bond donors (Lipinski definition) is 2. The Morgan fingerprint density at radius 1 is 1.36 bits per heavy atom. The molecule has 1 fully saturated rings. The summed E-state index contributed by atoms with van der Waals surface area (Å²) in [5.74, 6) is 0.869. The maximum Gasteiger partial charge on any atom is 0.227 e. The molecule has 0 aromatic heterocycles. The van der Waals surface area contributed by atoms with Crippen molar-refractivity contribution in [1.82, 2.24) is 5.32 Å². The molecule has 22 heavy (non-hydrogen) atoms. The first-order chi connectivity index (χ1) is 10.7. The largest absolute Gasteiger partial charge is 0.491 e. The molecule has 0 unspecified atom stereocenters. The molecule has 1 heterocycles. The Morgan fingerprint density at radius 3 is 2.95 bits per heavy atom. The zero-order valence-electron chi connectivity index (χ0n) is 13.4. The maximum atomic E-state index is 12.4. The minimum atomic E-state index is 0.0674. The number of ether oxygens (including phenoxy) is 2. The number of amides is 1. The van der Waals surface area contributed by atoms with E-state index in [2.05, 4.69) is 17.6 Å². The van der Waals surface area contributed by atoms with Gasteiger partial charge in [-0.2, -0.15) is 0 Å². The van der Waals surface area contributed by atoms with Gasteiger partial charge in [0.05, 0.1) is 12.3 Å². The van der Waals surface area contributed by atoms with Crippen molar-refractivity contribution in [3.05, 3.63) is 24.3 Å². The third-order valence-electron chi connectivity index (χ3n) is 3.89. The van der Waals surface area contributed by atoms with Gasteiger partial charge in [-0.15, -0.1) is 0 Å². The van der Waals surface area contributed by atoms with E-state index in [4.69, 9.17) is 9.47 Å². The number of para-hydroxylation sites is 2. The molecule has 1 aliphatic rings. The lowest BCUT2D eigenvalue weighted by atomic mass is 9.92. The average Bonchev–Trinajstić information content (AvgIpc) is 2.53. The molecule has 0 saturated carbocycles. The standard InChI is InChI=1S/C17H26N2O3/c1-13-12-14(8-9-18-13)17(20)19-15-6-3-4-7-16(15)22-11-5-10-21-2/h3-4,6-7,13-14,18H,5,8-12H2,1-2H3,(H,19,20)/t13-,14-/m0/s1. The zero-order valence-corrected chi connectivity index (χ0v) is 13.4. The van der Waals surface area contributed by atoms with Crippen LogP contribution in [-0.4, -0.2) is 38.8 Å². The third kappa shape index (κ3) is 5.00. The molecule has 1 amide bonds. The van der Waals surface area contributed by atoms with Crippen LogP contribution in [0.2, 0.25) is 0 Å². The molecule has 2 rings (SSSR count). The summed E-state index contributed by atoms with van der Waals surface area (Å²) in [6.45, 7) is 4.26. The number of piperidine rings is 1. The van der Waals surface area contributed by atoms with Crippen LogP contribution in [0.1, 0.15) is 26.2 Å². The van der Waals surface area contributed by atoms with E-state index in [0.717, 1.165) is 31.5 Å². The van der Waals surface area contributed by atoms with Gasteiger partial charge in [0.15, 0.2) is 0 Å². The Morgan fingerprint density at radius 2 is 2.18 bits per heavy atom. The van der Waals surface area contributed by atoms with Crippen LogP contribution in [-0.2, 0) is 9.53 Å². The second-order valence-electron chi connectivity index (χ2n) is 5.76. The van der Waals surface area contributed by atoms with Crippen molar-refractivity contribution in [2.75, 3.05) is 32.2 Å². The number of nitrogens with one attached hydrogen (secondary N) is 2. The second-order valence-corrected chi connectivity index (χ2v) is 5.76. The second kappa shape index (κ2) is 8.76. The van der Waals surface area contributed by atoms with Crippen molar-refractivity contribution in [2.24, 2.45) is 5.92 Å². The van der Waals surface area contributed by atoms with Crippen LogP contribution in [0.3, 0.4) is 0 Å². The Hall–Kier alpha value is -1.59. The number of benzene rings is 1. The summed E-state index contributed by atoms with van der Waals surface area (Å²) >= 11 is 0. The van der Waals surface area contributed by atoms with Crippen molar-refractivity contribution in [1.29, 1.82) is 0 Å². The topological polar surface area (TPSA) is 59.6 Å². The highest BCUT2D eigenvalue weighted by Crippen LogP contribution is 2.26. The third-order valence-corrected chi connectivity index (χ3v) is 3.89. The molecule has 1 saturated heterocycles. The van der Waals surface area contributed by atoms with Crippen LogP contribution in [0.25, 0.3) is 0 Å². The van der Waals surface area contributed by atoms with Crippen LogP contribution in [0.4, 0.5) is 5.69 Å². The first-order valence-corrected chi connectivity index (χ1v) is 7.95. The number of hydrogen-bond acceptors (Lipinski definition) is 4. The van der Waals surface area contributed by atoms with Gasteiger partial charge in [0.2, 0.25) is 5.91 Å². The highest BCUT2D eigenvalue weighted by Gasteiger charge is 2.25. The molecule has 5 heteroatoms. The number of anilines is 1. The molecule has 1 aliphatic heterocycles. The first-order valence-electron chi connectivity index (χ1n) is 7.95. The monoisotopic (exact) mass is 306 g/mol. The van der Waals surface area contributed by atoms with Gasteiger partial charge >= 0.3 is 0 Å². The Balaban J connectivity index is 1.92. The van der Waals surface area contributed by atoms with E-state index in [1.54, 1.807) is 7.11 Å². The summed E-state index contributed by atoms with van der Waals surface area (Å²) in [5, 5.41) is 6.38. The minimum Gasteiger partial charge on any atom is -0.491 e. The van der Waals surface area contributed by atoms with Crippen LogP contribution in [0, 0.1) is 5.92 Å². The van der Waals surface area contributed by atoms with Gasteiger partial charge in [-0.3, -0.25) is 4.79 Å². The molecule has 0 radical (unpaired) electrons. The smallest absolute Gasteiger partial charge is 0.227 e. The average molecular weight is 306 g/mol. The van der Waals surface area contributed by atoms with E-state index in [0.29, 0.717) is 25.0 Å². The molecular weight excluding hydrogens is 280 g/mol. The lowest BCUT2D eigenvalue weighted by Gasteiger charge is -2.27. The molecule has 2 atom stereocenters. The van der Waals surface area contributed by atoms with Crippen LogP contribution in [0.5, 0.6) is 5.75 Å². The summed E-state index contributed by atoms with van der Waals surface area (Å²) in [5.41, 5.74) is 0.746. The van der Waals surface area contributed by atoms with E-state index in [9.17, 15) is 4.79 Å². The van der Waals surface area contributed by atoms with E-state index in [1.807, 2.05) is 24.3 Å². The fourth-order valence-electron chi connectivity index (χ4n) is 2.69. The fourth-order valence-corrected chi connectivity index (χ4v) is 2.69. The van der Waals surface area contributed by atoms with Gasteiger partial charge in [-0.05, 0) is 38.4 Å². The van der Waals surface area contributed by atoms with Gasteiger partial charge in [-0.25, -0.2) is 0 Å². The fraction of sp³-hybridized carbons (Fsp3) is 0.588. The van der Waals surface area contributed by atoms with Crippen molar-refractivity contribution in [3.8, 4) is 5.75 Å². The van der Waals surface area contributed by atoms with Gasteiger partial charge in [-0.1, -0.05) is 12.1 Å². The quantitative estimate of drug-likeness (QED) is 0.760. The number of methoxy groups -OCH3 is 1. The molecule has 0 bridgehead atoms. The molecule has 122 valence electrons. The predicted molar refractivity (Wildman–Crippen MR) is 87.2 cm³/mol. The number of carbonyl (C=O) groups excluding carboxylic acids is 1. The summed E-state index contributed by atoms with van der Waals surface area (Å²) in [6, 6.07) is 7.98. The summed E-state index contributed by atoms with van der Waals surface area (Å²) in [7, 11) is 1.67. The molecule has 1 aromatic rings. The van der Waals surface area contributed by atoms with Gasteiger partial charge in [0.25, 0.3) is 0 Å². The molecule has 2 N–H and O–H groups in total. The number of rotatable bonds is 7. The van der Waals surface area contributed by atoms with Crippen molar-refractivity contribution in [2.45, 2.75) is 32.2 Å². The van der Waals surface area contributed by atoms with Crippen molar-refractivity contribution in [3.63, 3.8) is 0 Å². The molecular formula is C17H26N2O3. The molecule has 0 spiro atoms. The molecule has 5 nitrogen and oxygen atoms in total. The van der Waals surface area contributed by atoms with Crippen LogP contribution in [0.15, 0.2) is 24.3 Å². The maximum absolute atomic E-state index is 12.4. The van der Waals surface area contributed by atoms with Crippen LogP contribution >= 0.6 is 0 Å². The zero-order chi connectivity index (χ0) is 15.8. The predicted octanol–water partition coefficient (Wildman–Crippen LogP) is 2.43. The first kappa shape index (κ1) is 16.8. The highest BCUT2D eigenvalue weighted by molar-refractivity contribution is 5.94. The van der Waals surface area contributed by atoms with E-state index >= 15 is 0 Å². The van der Waals surface area contributed by atoms with Gasteiger partial charge in [0, 0.05) is 32.1 Å². The van der Waals surface area contributed by atoms with E-state index < -0.39 is 0 Å². The summed E-state index contributed by atoms with van der Waals surface area (Å²) in [6.07, 6.45) is 2.58. The van der Waals surface area contributed by atoms with Crippen molar-refractivity contribution >= 4 is 11.6 Å². The van der Waals surface area contributed by atoms with Crippen molar-refractivity contribution < 1.29 is 14.3 Å². The minimum absolute atomic E-state index is 0.0674. The van der Waals surface area contributed by atoms with E-state index in [-0.39, 0.29) is 11.8 Å². The molecule has 0 aliphatic carbocycles. The SMILES string of the molecule is COCCCOc1ccccc1NC(=O)[C@H]1CCN[C@@H](C)C1. The summed E-state index contributed by atoms with van der Waals surface area (Å²) < 4.78 is 10.7. The Bertz CT molecular complexity index is 479.